The minimum Gasteiger partial charge on any atom is -0.368 e. The standard InChI is InChI=1S/C26H28FN3O/c1-17-7-9-20(30-15-21(16-30)29(2)3)14-23(17)25(31)28-26(11-12-26)24-6-4-5-18-13-19(27)8-10-22(18)24/h4-10,13-14,21H,11-12,15-16H2,1-3H3,(H,28,31). The number of rotatable bonds is 5. The monoisotopic (exact) mass is 417 g/mol. The maximum Gasteiger partial charge on any atom is 0.252 e. The van der Waals surface area contributed by atoms with Crippen molar-refractivity contribution in [2.24, 2.45) is 0 Å². The highest BCUT2D eigenvalue weighted by atomic mass is 19.1. The summed E-state index contributed by atoms with van der Waals surface area (Å²) < 4.78 is 13.7. The molecule has 2 fully saturated rings. The number of carbonyl (C=O) groups excluding carboxylic acids is 1. The number of hydrogen-bond donors (Lipinski definition) is 1. The third-order valence-electron chi connectivity index (χ3n) is 6.88. The molecule has 0 unspecified atom stereocenters. The van der Waals surface area contributed by atoms with E-state index in [4.69, 9.17) is 0 Å². The van der Waals surface area contributed by atoms with E-state index in [1.807, 2.05) is 37.3 Å². The molecule has 160 valence electrons. The van der Waals surface area contributed by atoms with Gasteiger partial charge in [0.15, 0.2) is 0 Å². The van der Waals surface area contributed by atoms with Gasteiger partial charge in [0.05, 0.1) is 5.54 Å². The smallest absolute Gasteiger partial charge is 0.252 e. The van der Waals surface area contributed by atoms with Crippen LogP contribution in [0.4, 0.5) is 10.1 Å². The van der Waals surface area contributed by atoms with Gasteiger partial charge in [0.1, 0.15) is 5.82 Å². The molecule has 1 aliphatic heterocycles. The van der Waals surface area contributed by atoms with Gasteiger partial charge in [-0.1, -0.05) is 30.3 Å². The van der Waals surface area contributed by atoms with Crippen molar-refractivity contribution >= 4 is 22.4 Å². The lowest BCUT2D eigenvalue weighted by molar-refractivity contribution is 0.0930. The number of hydrogen-bond acceptors (Lipinski definition) is 3. The Labute approximate surface area is 182 Å². The normalized spacial score (nSPS) is 17.6. The summed E-state index contributed by atoms with van der Waals surface area (Å²) in [4.78, 5) is 17.9. The Balaban J connectivity index is 1.40. The molecule has 3 aromatic carbocycles. The number of likely N-dealkylation sites (N-methyl/N-ethyl adjacent to an activating group) is 1. The lowest BCUT2D eigenvalue weighted by Crippen LogP contribution is -2.57. The highest BCUT2D eigenvalue weighted by Gasteiger charge is 2.46. The van der Waals surface area contributed by atoms with E-state index in [-0.39, 0.29) is 17.3 Å². The molecule has 0 radical (unpaired) electrons. The average Bonchev–Trinajstić information content (AvgIpc) is 3.47. The summed E-state index contributed by atoms with van der Waals surface area (Å²) in [6.45, 7) is 3.94. The molecule has 5 heteroatoms. The van der Waals surface area contributed by atoms with Gasteiger partial charge in [-0.25, -0.2) is 4.39 Å². The van der Waals surface area contributed by atoms with Gasteiger partial charge in [-0.3, -0.25) is 4.79 Å². The second kappa shape index (κ2) is 7.34. The van der Waals surface area contributed by atoms with Crippen molar-refractivity contribution in [3.63, 3.8) is 0 Å². The quantitative estimate of drug-likeness (QED) is 0.666. The second-order valence-electron chi connectivity index (χ2n) is 9.23. The van der Waals surface area contributed by atoms with Crippen LogP contribution in [0, 0.1) is 12.7 Å². The Morgan fingerprint density at radius 3 is 2.58 bits per heavy atom. The second-order valence-corrected chi connectivity index (χ2v) is 9.23. The fourth-order valence-corrected chi connectivity index (χ4v) is 4.59. The zero-order chi connectivity index (χ0) is 21.8. The van der Waals surface area contributed by atoms with Gasteiger partial charge in [0, 0.05) is 30.4 Å². The summed E-state index contributed by atoms with van der Waals surface area (Å²) >= 11 is 0. The Morgan fingerprint density at radius 1 is 1.10 bits per heavy atom. The van der Waals surface area contributed by atoms with Crippen molar-refractivity contribution in [1.82, 2.24) is 10.2 Å². The molecule has 1 amide bonds. The maximum absolute atomic E-state index is 13.7. The van der Waals surface area contributed by atoms with Crippen LogP contribution in [0.25, 0.3) is 10.8 Å². The zero-order valence-electron chi connectivity index (χ0n) is 18.3. The number of amides is 1. The number of anilines is 1. The number of nitrogens with one attached hydrogen (secondary N) is 1. The fourth-order valence-electron chi connectivity index (χ4n) is 4.59. The molecule has 2 aliphatic rings. The molecule has 1 N–H and O–H groups in total. The van der Waals surface area contributed by atoms with E-state index in [2.05, 4.69) is 41.3 Å². The number of halogens is 1. The van der Waals surface area contributed by atoms with E-state index < -0.39 is 0 Å². The summed E-state index contributed by atoms with van der Waals surface area (Å²) in [5, 5.41) is 5.18. The molecule has 1 saturated heterocycles. The van der Waals surface area contributed by atoms with E-state index in [1.165, 1.54) is 6.07 Å². The van der Waals surface area contributed by atoms with E-state index in [0.29, 0.717) is 6.04 Å². The van der Waals surface area contributed by atoms with Crippen molar-refractivity contribution in [2.75, 3.05) is 32.1 Å². The minimum atomic E-state index is -0.371. The molecular weight excluding hydrogens is 389 g/mol. The molecule has 1 aliphatic carbocycles. The predicted octanol–water partition coefficient (Wildman–Crippen LogP) is 4.46. The van der Waals surface area contributed by atoms with Gasteiger partial charge in [0.25, 0.3) is 5.91 Å². The first-order valence-electron chi connectivity index (χ1n) is 10.9. The molecule has 0 aromatic heterocycles. The first-order chi connectivity index (χ1) is 14.9. The van der Waals surface area contributed by atoms with Crippen molar-refractivity contribution in [3.8, 4) is 0 Å². The lowest BCUT2D eigenvalue weighted by Gasteiger charge is -2.44. The third kappa shape index (κ3) is 3.57. The molecule has 1 heterocycles. The van der Waals surface area contributed by atoms with Crippen molar-refractivity contribution < 1.29 is 9.18 Å². The molecule has 1 saturated carbocycles. The topological polar surface area (TPSA) is 35.6 Å². The van der Waals surface area contributed by atoms with E-state index in [0.717, 1.165) is 59.1 Å². The molecule has 0 spiro atoms. The van der Waals surface area contributed by atoms with E-state index in [9.17, 15) is 9.18 Å². The van der Waals surface area contributed by atoms with Gasteiger partial charge in [0.2, 0.25) is 0 Å². The van der Waals surface area contributed by atoms with Crippen LogP contribution in [-0.4, -0.2) is 44.0 Å². The first kappa shape index (κ1) is 20.0. The van der Waals surface area contributed by atoms with Crippen molar-refractivity contribution in [1.29, 1.82) is 0 Å². The summed E-state index contributed by atoms with van der Waals surface area (Å²) in [5.74, 6) is -0.283. The van der Waals surface area contributed by atoms with Crippen LogP contribution >= 0.6 is 0 Å². The summed E-state index contributed by atoms with van der Waals surface area (Å²) in [5.41, 5.74) is 3.50. The van der Waals surface area contributed by atoms with Crippen LogP contribution in [0.5, 0.6) is 0 Å². The number of aryl methyl sites for hydroxylation is 1. The highest BCUT2D eigenvalue weighted by Crippen LogP contribution is 2.48. The van der Waals surface area contributed by atoms with Crippen molar-refractivity contribution in [3.05, 3.63) is 77.1 Å². The molecule has 31 heavy (non-hydrogen) atoms. The Kier molecular flexibility index (Phi) is 4.74. The largest absolute Gasteiger partial charge is 0.368 e. The van der Waals surface area contributed by atoms with Gasteiger partial charge in [-0.2, -0.15) is 0 Å². The number of fused-ring (bicyclic) bond motifs is 1. The molecule has 0 bridgehead atoms. The lowest BCUT2D eigenvalue weighted by atomic mass is 9.96. The van der Waals surface area contributed by atoms with Crippen molar-refractivity contribution in [2.45, 2.75) is 31.3 Å². The van der Waals surface area contributed by atoms with Crippen LogP contribution in [-0.2, 0) is 5.54 Å². The summed E-state index contributed by atoms with van der Waals surface area (Å²) in [6, 6.07) is 17.5. The third-order valence-corrected chi connectivity index (χ3v) is 6.88. The summed E-state index contributed by atoms with van der Waals surface area (Å²) in [7, 11) is 4.21. The molecule has 5 rings (SSSR count). The highest BCUT2D eigenvalue weighted by molar-refractivity contribution is 5.98. The predicted molar refractivity (Wildman–Crippen MR) is 123 cm³/mol. The number of benzene rings is 3. The molecular formula is C26H28FN3O. The number of carbonyl (C=O) groups is 1. The zero-order valence-corrected chi connectivity index (χ0v) is 18.3. The van der Waals surface area contributed by atoms with Crippen LogP contribution in [0.15, 0.2) is 54.6 Å². The van der Waals surface area contributed by atoms with Crippen LogP contribution < -0.4 is 10.2 Å². The Hall–Kier alpha value is -2.92. The first-order valence-corrected chi connectivity index (χ1v) is 10.9. The van der Waals surface area contributed by atoms with Crippen LogP contribution in [0.3, 0.4) is 0 Å². The summed E-state index contributed by atoms with van der Waals surface area (Å²) in [6.07, 6.45) is 1.79. The van der Waals surface area contributed by atoms with Gasteiger partial charge in [-0.15, -0.1) is 0 Å². The maximum atomic E-state index is 13.7. The minimum absolute atomic E-state index is 0.0411. The average molecular weight is 418 g/mol. The van der Waals surface area contributed by atoms with Gasteiger partial charge < -0.3 is 15.1 Å². The van der Waals surface area contributed by atoms with E-state index in [1.54, 1.807) is 6.07 Å². The number of nitrogens with zero attached hydrogens (tertiary/aromatic N) is 2. The Bertz CT molecular complexity index is 1160. The molecule has 0 atom stereocenters. The van der Waals surface area contributed by atoms with Gasteiger partial charge in [-0.05, 0) is 80.0 Å². The van der Waals surface area contributed by atoms with Crippen LogP contribution in [0.1, 0.15) is 34.3 Å². The Morgan fingerprint density at radius 2 is 1.87 bits per heavy atom. The van der Waals surface area contributed by atoms with Gasteiger partial charge >= 0.3 is 0 Å². The van der Waals surface area contributed by atoms with E-state index >= 15 is 0 Å². The SMILES string of the molecule is Cc1ccc(N2CC(N(C)C)C2)cc1C(=O)NC1(c2cccc3cc(F)ccc23)CC1. The molecule has 3 aromatic rings. The molecule has 4 nitrogen and oxygen atoms in total. The van der Waals surface area contributed by atoms with Crippen LogP contribution in [0.2, 0.25) is 0 Å². The fraction of sp³-hybridized carbons (Fsp3) is 0.346.